The van der Waals surface area contributed by atoms with Gasteiger partial charge in [0.2, 0.25) is 0 Å². The molecule has 2 N–H and O–H groups in total. The third-order valence-electron chi connectivity index (χ3n) is 5.97. The zero-order valence-corrected chi connectivity index (χ0v) is 19.5. The van der Waals surface area contributed by atoms with E-state index in [0.717, 1.165) is 16.8 Å². The van der Waals surface area contributed by atoms with Crippen molar-refractivity contribution in [3.63, 3.8) is 0 Å². The Hall–Kier alpha value is -4.23. The molecule has 0 saturated carbocycles. The van der Waals surface area contributed by atoms with Crippen LogP contribution in [0, 0.1) is 0 Å². The highest BCUT2D eigenvalue weighted by molar-refractivity contribution is 6.01. The maximum absolute atomic E-state index is 13.8. The Labute approximate surface area is 211 Å². The van der Waals surface area contributed by atoms with Gasteiger partial charge < -0.3 is 25.2 Å². The molecule has 202 valence electrons. The normalized spacial score (nSPS) is 14.3. The molecule has 2 heterocycles. The van der Waals surface area contributed by atoms with Gasteiger partial charge in [0.1, 0.15) is 17.1 Å². The van der Waals surface area contributed by atoms with Gasteiger partial charge >= 0.3 is 12.4 Å². The second-order valence-electron chi connectivity index (χ2n) is 8.68. The summed E-state index contributed by atoms with van der Waals surface area (Å²) in [6.45, 7) is 1.14. The number of carbonyl (C=O) groups excluding carboxylic acids is 2. The van der Waals surface area contributed by atoms with Crippen LogP contribution in [-0.4, -0.2) is 33.3 Å². The first-order valence-electron chi connectivity index (χ1n) is 11.1. The molecule has 1 atom stereocenters. The Bertz CT molecular complexity index is 1380. The van der Waals surface area contributed by atoms with Crippen molar-refractivity contribution in [3.05, 3.63) is 76.0 Å². The number of nitrogens with zero attached hydrogens (tertiary/aromatic N) is 3. The number of carboxylic acids is 1. The fourth-order valence-corrected chi connectivity index (χ4v) is 4.22. The second-order valence-corrected chi connectivity index (χ2v) is 8.68. The average Bonchev–Trinajstić information content (AvgIpc) is 3.38. The summed E-state index contributed by atoms with van der Waals surface area (Å²) in [5, 5.41) is 26.7. The number of amides is 1. The Morgan fingerprint density at radius 3 is 2.29 bits per heavy atom. The van der Waals surface area contributed by atoms with Crippen LogP contribution in [0.25, 0.3) is 0 Å². The van der Waals surface area contributed by atoms with Crippen molar-refractivity contribution in [1.29, 1.82) is 0 Å². The molecule has 14 heteroatoms. The summed E-state index contributed by atoms with van der Waals surface area (Å²) in [6, 6.07) is 6.69. The Morgan fingerprint density at radius 2 is 1.71 bits per heavy atom. The van der Waals surface area contributed by atoms with E-state index in [9.17, 15) is 46.1 Å². The molecule has 1 amide bonds. The van der Waals surface area contributed by atoms with Crippen LogP contribution in [0.15, 0.2) is 42.5 Å². The minimum atomic E-state index is -5.01. The number of benzene rings is 2. The SMILES string of the molecule is CC(NC(=O)c1c(C(F)(F)F)nn2c1N(Cc1cc(O)cc(C(F)(F)F)c1)CC2)c1ccc(C(=O)[O-])cc1. The van der Waals surface area contributed by atoms with Crippen molar-refractivity contribution in [1.82, 2.24) is 15.1 Å². The molecule has 1 aliphatic heterocycles. The fraction of sp³-hybridized carbons (Fsp3) is 0.292. The van der Waals surface area contributed by atoms with Gasteiger partial charge in [-0.05, 0) is 41.8 Å². The van der Waals surface area contributed by atoms with Crippen LogP contribution in [0.2, 0.25) is 0 Å². The number of hydrogen-bond donors (Lipinski definition) is 2. The molecule has 0 aliphatic carbocycles. The molecule has 2 aromatic carbocycles. The number of aromatic carboxylic acids is 1. The van der Waals surface area contributed by atoms with Crippen molar-refractivity contribution < 1.29 is 46.1 Å². The summed E-state index contributed by atoms with van der Waals surface area (Å²) >= 11 is 0. The highest BCUT2D eigenvalue weighted by Gasteiger charge is 2.44. The first-order valence-corrected chi connectivity index (χ1v) is 11.1. The number of aromatic hydroxyl groups is 1. The predicted molar refractivity (Wildman–Crippen MR) is 118 cm³/mol. The number of carbonyl (C=O) groups is 2. The zero-order valence-electron chi connectivity index (χ0n) is 19.5. The van der Waals surface area contributed by atoms with Crippen LogP contribution in [-0.2, 0) is 25.4 Å². The van der Waals surface area contributed by atoms with Crippen LogP contribution >= 0.6 is 0 Å². The van der Waals surface area contributed by atoms with E-state index in [0.29, 0.717) is 11.6 Å². The highest BCUT2D eigenvalue weighted by atomic mass is 19.4. The van der Waals surface area contributed by atoms with E-state index < -0.39 is 52.8 Å². The van der Waals surface area contributed by atoms with E-state index in [1.807, 2.05) is 0 Å². The molecule has 0 bridgehead atoms. The van der Waals surface area contributed by atoms with Crippen LogP contribution in [0.3, 0.4) is 0 Å². The maximum Gasteiger partial charge on any atom is 0.436 e. The van der Waals surface area contributed by atoms with Crippen molar-refractivity contribution in [2.24, 2.45) is 0 Å². The highest BCUT2D eigenvalue weighted by Crippen LogP contribution is 2.39. The number of phenols is 1. The van der Waals surface area contributed by atoms with Gasteiger partial charge in [-0.25, -0.2) is 4.68 Å². The number of fused-ring (bicyclic) bond motifs is 1. The number of alkyl halides is 6. The van der Waals surface area contributed by atoms with Gasteiger partial charge in [0.15, 0.2) is 5.69 Å². The van der Waals surface area contributed by atoms with Crippen LogP contribution in [0.4, 0.5) is 32.2 Å². The van der Waals surface area contributed by atoms with Crippen LogP contribution in [0.1, 0.15) is 56.1 Å². The number of nitrogens with one attached hydrogen (secondary N) is 1. The van der Waals surface area contributed by atoms with Gasteiger partial charge in [-0.3, -0.25) is 4.79 Å². The lowest BCUT2D eigenvalue weighted by Crippen LogP contribution is -2.31. The zero-order chi connectivity index (χ0) is 28.0. The molecule has 38 heavy (non-hydrogen) atoms. The number of carboxylic acid groups (broad SMARTS) is 1. The molecule has 0 radical (unpaired) electrons. The smallest absolute Gasteiger partial charge is 0.436 e. The molecule has 0 spiro atoms. The van der Waals surface area contributed by atoms with Crippen LogP contribution in [0.5, 0.6) is 5.75 Å². The van der Waals surface area contributed by atoms with Crippen molar-refractivity contribution >= 4 is 17.7 Å². The molecular formula is C24H19F6N4O4-. The molecule has 0 saturated heterocycles. The number of halogens is 6. The van der Waals surface area contributed by atoms with Gasteiger partial charge in [-0.15, -0.1) is 0 Å². The Kier molecular flexibility index (Phi) is 6.76. The predicted octanol–water partition coefficient (Wildman–Crippen LogP) is 3.50. The number of phenolic OH excluding ortho intramolecular Hbond substituents is 1. The Morgan fingerprint density at radius 1 is 1.05 bits per heavy atom. The van der Waals surface area contributed by atoms with Crippen LogP contribution < -0.4 is 15.3 Å². The standard InChI is InChI=1S/C24H20F6N4O4/c1-12(14-2-4-15(5-3-14)22(37)38)31-20(36)18-19(24(28,29)30)32-34-7-6-33(21(18)34)11-13-8-16(23(25,26)27)10-17(35)9-13/h2-5,8-10,12,35H,6-7,11H2,1H3,(H,31,36)(H,37,38)/p-1. The molecule has 1 unspecified atom stereocenters. The molecule has 0 fully saturated rings. The van der Waals surface area contributed by atoms with E-state index in [4.69, 9.17) is 0 Å². The van der Waals surface area contributed by atoms with Crippen molar-refractivity contribution in [2.45, 2.75) is 38.4 Å². The monoisotopic (exact) mass is 541 g/mol. The minimum absolute atomic E-state index is 0.0340. The summed E-state index contributed by atoms with van der Waals surface area (Å²) in [5.74, 6) is -3.46. The number of rotatable bonds is 6. The third kappa shape index (κ3) is 5.38. The minimum Gasteiger partial charge on any atom is -0.545 e. The first kappa shape index (κ1) is 26.8. The molecule has 8 nitrogen and oxygen atoms in total. The van der Waals surface area contributed by atoms with E-state index in [-0.39, 0.29) is 36.6 Å². The van der Waals surface area contributed by atoms with Gasteiger partial charge in [-0.1, -0.05) is 24.3 Å². The van der Waals surface area contributed by atoms with Crippen molar-refractivity contribution in [3.8, 4) is 5.75 Å². The summed E-state index contributed by atoms with van der Waals surface area (Å²) in [4.78, 5) is 25.4. The molecule has 4 rings (SSSR count). The van der Waals surface area contributed by atoms with E-state index in [1.54, 1.807) is 0 Å². The first-order chi connectivity index (χ1) is 17.6. The number of hydrogen-bond acceptors (Lipinski definition) is 6. The molecule has 1 aromatic heterocycles. The number of aromatic nitrogens is 2. The van der Waals surface area contributed by atoms with Gasteiger partial charge in [0, 0.05) is 13.1 Å². The van der Waals surface area contributed by atoms with Gasteiger partial charge in [0.25, 0.3) is 5.91 Å². The lowest BCUT2D eigenvalue weighted by molar-refractivity contribution is -0.255. The summed E-state index contributed by atoms with van der Waals surface area (Å²) in [7, 11) is 0. The number of anilines is 1. The molecular weight excluding hydrogens is 522 g/mol. The quantitative estimate of drug-likeness (QED) is 0.463. The lowest BCUT2D eigenvalue weighted by Gasteiger charge is -2.21. The maximum atomic E-state index is 13.8. The Balaban J connectivity index is 1.67. The van der Waals surface area contributed by atoms with Gasteiger partial charge in [0.05, 0.1) is 24.1 Å². The van der Waals surface area contributed by atoms with Crippen molar-refractivity contribution in [2.75, 3.05) is 11.4 Å². The summed E-state index contributed by atoms with van der Waals surface area (Å²) < 4.78 is 82.0. The second kappa shape index (κ2) is 9.58. The summed E-state index contributed by atoms with van der Waals surface area (Å²) in [5.41, 5.74) is -3.15. The fourth-order valence-electron chi connectivity index (χ4n) is 4.22. The summed E-state index contributed by atoms with van der Waals surface area (Å²) in [6.07, 6.45) is -9.77. The third-order valence-corrected chi connectivity index (χ3v) is 5.97. The molecule has 3 aromatic rings. The van der Waals surface area contributed by atoms with E-state index >= 15 is 0 Å². The topological polar surface area (TPSA) is 111 Å². The largest absolute Gasteiger partial charge is 0.545 e. The lowest BCUT2D eigenvalue weighted by atomic mass is 10.1. The van der Waals surface area contributed by atoms with E-state index in [1.165, 1.54) is 36.1 Å². The average molecular weight is 541 g/mol. The van der Waals surface area contributed by atoms with E-state index in [2.05, 4.69) is 10.4 Å². The van der Waals surface area contributed by atoms with Gasteiger partial charge in [-0.2, -0.15) is 31.4 Å². The molecule has 1 aliphatic rings.